The first-order valence-electron chi connectivity index (χ1n) is 6.86. The summed E-state index contributed by atoms with van der Waals surface area (Å²) in [7, 11) is 0. The number of fused-ring (bicyclic) bond motifs is 2. The van der Waals surface area contributed by atoms with Crippen LogP contribution in [0.1, 0.15) is 5.01 Å². The topological polar surface area (TPSA) is 55.0 Å². The fourth-order valence-corrected chi connectivity index (χ4v) is 3.22. The largest absolute Gasteiger partial charge is 0.451 e. The zero-order chi connectivity index (χ0) is 15.1. The Morgan fingerprint density at radius 1 is 1.14 bits per heavy atom. The van der Waals surface area contributed by atoms with Crippen LogP contribution in [0.25, 0.3) is 21.1 Å². The Labute approximate surface area is 130 Å². The Balaban J connectivity index is 1.77. The monoisotopic (exact) mass is 308 g/mol. The molecule has 0 aliphatic heterocycles. The fraction of sp³-hybridized carbons (Fsp3) is 0.0588. The van der Waals surface area contributed by atoms with E-state index in [2.05, 4.69) is 9.97 Å². The Kier molecular flexibility index (Phi) is 2.94. The van der Waals surface area contributed by atoms with Gasteiger partial charge in [0.25, 0.3) is 5.56 Å². The zero-order valence-electron chi connectivity index (χ0n) is 11.8. The van der Waals surface area contributed by atoms with Gasteiger partial charge in [-0.2, -0.15) is 0 Å². The van der Waals surface area contributed by atoms with Crippen LogP contribution in [0.3, 0.4) is 0 Å². The molecular weight excluding hydrogens is 296 g/mol. The molecule has 0 atom stereocenters. The first-order chi connectivity index (χ1) is 10.7. The minimum Gasteiger partial charge on any atom is -0.451 e. The molecule has 0 spiro atoms. The summed E-state index contributed by atoms with van der Waals surface area (Å²) in [5, 5.41) is 1.94. The van der Waals surface area contributed by atoms with E-state index in [4.69, 9.17) is 4.74 Å². The summed E-state index contributed by atoms with van der Waals surface area (Å²) in [5.74, 6) is 0.892. The number of hydrogen-bond acceptors (Lipinski definition) is 4. The second kappa shape index (κ2) is 4.96. The van der Waals surface area contributed by atoms with Crippen molar-refractivity contribution in [3.05, 3.63) is 63.9 Å². The van der Waals surface area contributed by atoms with Gasteiger partial charge >= 0.3 is 0 Å². The van der Waals surface area contributed by atoms with Crippen LogP contribution in [0.5, 0.6) is 11.5 Å². The number of thiazole rings is 1. The van der Waals surface area contributed by atoms with E-state index in [1.165, 1.54) is 0 Å². The normalized spacial score (nSPS) is 11.1. The molecule has 0 fully saturated rings. The summed E-state index contributed by atoms with van der Waals surface area (Å²) in [5.41, 5.74) is 1.44. The molecule has 0 amide bonds. The molecule has 2 aromatic heterocycles. The third-order valence-corrected chi connectivity index (χ3v) is 4.36. The molecule has 1 N–H and O–H groups in total. The van der Waals surface area contributed by atoms with Gasteiger partial charge in [-0.05, 0) is 31.2 Å². The Morgan fingerprint density at radius 2 is 2.00 bits per heavy atom. The van der Waals surface area contributed by atoms with Crippen molar-refractivity contribution in [3.8, 4) is 11.5 Å². The van der Waals surface area contributed by atoms with Gasteiger partial charge in [-0.3, -0.25) is 4.79 Å². The van der Waals surface area contributed by atoms with Crippen molar-refractivity contribution in [3.63, 3.8) is 0 Å². The van der Waals surface area contributed by atoms with Crippen LogP contribution in [0.4, 0.5) is 0 Å². The third-order valence-electron chi connectivity index (χ3n) is 3.41. The van der Waals surface area contributed by atoms with E-state index in [0.717, 1.165) is 26.1 Å². The van der Waals surface area contributed by atoms with Crippen LogP contribution >= 0.6 is 11.3 Å². The predicted molar refractivity (Wildman–Crippen MR) is 89.0 cm³/mol. The van der Waals surface area contributed by atoms with Crippen LogP contribution in [-0.4, -0.2) is 9.97 Å². The van der Waals surface area contributed by atoms with E-state index in [1.54, 1.807) is 17.4 Å². The number of aryl methyl sites for hydroxylation is 1. The molecule has 0 unspecified atom stereocenters. The summed E-state index contributed by atoms with van der Waals surface area (Å²) < 4.78 is 6.86. The number of nitrogens with one attached hydrogen (secondary N) is 1. The number of para-hydroxylation sites is 1. The van der Waals surface area contributed by atoms with Crippen molar-refractivity contribution >= 4 is 32.5 Å². The second-order valence-corrected chi connectivity index (χ2v) is 6.25. The standard InChI is InChI=1S/C17H12N2O2S/c1-10-18-14-9-12(6-7-16(14)22-10)21-15-8-11-4-2-3-5-13(11)19-17(15)20/h2-9H,1H3,(H,19,20). The lowest BCUT2D eigenvalue weighted by molar-refractivity contribution is 0.477. The molecule has 0 radical (unpaired) electrons. The lowest BCUT2D eigenvalue weighted by Gasteiger charge is -2.06. The number of H-pyrrole nitrogens is 1. The maximum absolute atomic E-state index is 12.1. The van der Waals surface area contributed by atoms with E-state index in [0.29, 0.717) is 5.75 Å². The van der Waals surface area contributed by atoms with Crippen molar-refractivity contribution in [1.82, 2.24) is 9.97 Å². The number of aromatic amines is 1. The predicted octanol–water partition coefficient (Wildman–Crippen LogP) is 4.24. The molecule has 22 heavy (non-hydrogen) atoms. The van der Waals surface area contributed by atoms with Gasteiger partial charge in [0, 0.05) is 17.0 Å². The van der Waals surface area contributed by atoms with Crippen molar-refractivity contribution < 1.29 is 4.74 Å². The number of pyridine rings is 1. The minimum atomic E-state index is -0.242. The molecule has 5 heteroatoms. The van der Waals surface area contributed by atoms with E-state index >= 15 is 0 Å². The maximum atomic E-state index is 12.1. The highest BCUT2D eigenvalue weighted by atomic mass is 32.1. The van der Waals surface area contributed by atoms with Gasteiger partial charge in [-0.1, -0.05) is 18.2 Å². The molecule has 4 rings (SSSR count). The van der Waals surface area contributed by atoms with Crippen LogP contribution in [0.15, 0.2) is 53.3 Å². The number of aromatic nitrogens is 2. The molecular formula is C17H12N2O2S. The molecule has 0 aliphatic carbocycles. The molecule has 0 bridgehead atoms. The highest BCUT2D eigenvalue weighted by Gasteiger charge is 2.07. The first kappa shape index (κ1) is 13.0. The Hall–Kier alpha value is -2.66. The highest BCUT2D eigenvalue weighted by Crippen LogP contribution is 2.28. The lowest BCUT2D eigenvalue weighted by atomic mass is 10.2. The number of ether oxygens (including phenoxy) is 1. The molecule has 0 saturated carbocycles. The van der Waals surface area contributed by atoms with Gasteiger partial charge in [0.15, 0.2) is 5.75 Å². The number of hydrogen-bond donors (Lipinski definition) is 1. The van der Waals surface area contributed by atoms with Gasteiger partial charge < -0.3 is 9.72 Å². The van der Waals surface area contributed by atoms with Crippen molar-refractivity contribution in [2.24, 2.45) is 0 Å². The number of rotatable bonds is 2. The van der Waals surface area contributed by atoms with Crippen LogP contribution in [0.2, 0.25) is 0 Å². The Bertz CT molecular complexity index is 1050. The smallest absolute Gasteiger partial charge is 0.291 e. The van der Waals surface area contributed by atoms with Crippen molar-refractivity contribution in [2.45, 2.75) is 6.92 Å². The molecule has 2 aromatic carbocycles. The first-order valence-corrected chi connectivity index (χ1v) is 7.68. The fourth-order valence-electron chi connectivity index (χ4n) is 2.42. The zero-order valence-corrected chi connectivity index (χ0v) is 12.6. The third kappa shape index (κ3) is 2.25. The summed E-state index contributed by atoms with van der Waals surface area (Å²) >= 11 is 1.64. The average molecular weight is 308 g/mol. The van der Waals surface area contributed by atoms with Crippen molar-refractivity contribution in [2.75, 3.05) is 0 Å². The quantitative estimate of drug-likeness (QED) is 0.602. The van der Waals surface area contributed by atoms with Crippen LogP contribution in [-0.2, 0) is 0 Å². The number of nitrogens with zero attached hydrogens (tertiary/aromatic N) is 1. The van der Waals surface area contributed by atoms with E-state index in [1.807, 2.05) is 49.4 Å². The molecule has 108 valence electrons. The lowest BCUT2D eigenvalue weighted by Crippen LogP contribution is -2.08. The van der Waals surface area contributed by atoms with Gasteiger partial charge in [-0.15, -0.1) is 11.3 Å². The molecule has 0 aliphatic rings. The maximum Gasteiger partial charge on any atom is 0.291 e. The summed E-state index contributed by atoms with van der Waals surface area (Å²) in [6.07, 6.45) is 0. The summed E-state index contributed by atoms with van der Waals surface area (Å²) in [6.45, 7) is 1.97. The summed E-state index contributed by atoms with van der Waals surface area (Å²) in [4.78, 5) is 19.4. The molecule has 2 heterocycles. The molecule has 4 aromatic rings. The van der Waals surface area contributed by atoms with Crippen LogP contribution in [0, 0.1) is 6.92 Å². The van der Waals surface area contributed by atoms with E-state index in [9.17, 15) is 4.79 Å². The Morgan fingerprint density at radius 3 is 2.91 bits per heavy atom. The highest BCUT2D eigenvalue weighted by molar-refractivity contribution is 7.18. The van der Waals surface area contributed by atoms with E-state index in [-0.39, 0.29) is 11.3 Å². The molecule has 0 saturated heterocycles. The summed E-state index contributed by atoms with van der Waals surface area (Å²) in [6, 6.07) is 15.0. The average Bonchev–Trinajstić information content (AvgIpc) is 2.87. The van der Waals surface area contributed by atoms with Crippen molar-refractivity contribution in [1.29, 1.82) is 0 Å². The minimum absolute atomic E-state index is 0.242. The van der Waals surface area contributed by atoms with Gasteiger partial charge in [0.2, 0.25) is 0 Å². The van der Waals surface area contributed by atoms with Gasteiger partial charge in [0.05, 0.1) is 15.2 Å². The SMILES string of the molecule is Cc1nc2cc(Oc3cc4ccccc4[nH]c3=O)ccc2s1. The van der Waals surface area contributed by atoms with Crippen LogP contribution < -0.4 is 10.3 Å². The number of benzene rings is 2. The van der Waals surface area contributed by atoms with Gasteiger partial charge in [-0.25, -0.2) is 4.98 Å². The van der Waals surface area contributed by atoms with Gasteiger partial charge in [0.1, 0.15) is 5.75 Å². The van der Waals surface area contributed by atoms with E-state index < -0.39 is 0 Å². The molecule has 4 nitrogen and oxygen atoms in total. The second-order valence-electron chi connectivity index (χ2n) is 5.01.